The summed E-state index contributed by atoms with van der Waals surface area (Å²) in [6.07, 6.45) is 0. The Kier molecular flexibility index (Phi) is 16.6. The van der Waals surface area contributed by atoms with Crippen molar-refractivity contribution in [2.75, 3.05) is 79.3 Å². The van der Waals surface area contributed by atoms with E-state index in [4.69, 9.17) is 37.9 Å². The number of hydrogen-bond acceptors (Lipinski definition) is 13. The lowest BCUT2D eigenvalue weighted by Crippen LogP contribution is -2.19. The fraction of sp³-hybridized carbons (Fsp3) is 0.552. The molecule has 3 heterocycles. The van der Waals surface area contributed by atoms with Crippen LogP contribution in [-0.2, 0) is 55.7 Å². The van der Waals surface area contributed by atoms with E-state index in [9.17, 15) is 9.59 Å². The third-order valence-corrected chi connectivity index (χ3v) is 5.68. The molecule has 3 aromatic heterocycles. The molecule has 0 spiro atoms. The highest BCUT2D eigenvalue weighted by molar-refractivity contribution is 5.10. The lowest BCUT2D eigenvalue weighted by atomic mass is 10.3. The maximum absolute atomic E-state index is 11.3. The summed E-state index contributed by atoms with van der Waals surface area (Å²) in [5, 5.41) is 7.96. The maximum atomic E-state index is 11.3. The van der Waals surface area contributed by atoms with Crippen LogP contribution in [0.4, 0.5) is 0 Å². The Labute approximate surface area is 255 Å². The van der Waals surface area contributed by atoms with Gasteiger partial charge in [0.05, 0.1) is 90.7 Å². The zero-order valence-electron chi connectivity index (χ0n) is 25.3. The molecule has 44 heavy (non-hydrogen) atoms. The van der Waals surface area contributed by atoms with Crippen molar-refractivity contribution in [3.63, 3.8) is 0 Å². The van der Waals surface area contributed by atoms with Gasteiger partial charge in [-0.05, 0) is 12.1 Å². The molecule has 0 fully saturated rings. The normalized spacial score (nSPS) is 11.1. The third-order valence-electron chi connectivity index (χ3n) is 5.68. The molecule has 0 saturated carbocycles. The molecular weight excluding hydrogens is 578 g/mol. The Morgan fingerprint density at radius 3 is 1.25 bits per heavy atom. The molecule has 0 radical (unpaired) electrons. The second kappa shape index (κ2) is 21.1. The van der Waals surface area contributed by atoms with Crippen molar-refractivity contribution in [3.05, 3.63) is 74.6 Å². The van der Waals surface area contributed by atoms with Crippen molar-refractivity contribution in [1.29, 1.82) is 0 Å². The van der Waals surface area contributed by atoms with E-state index in [1.165, 1.54) is 33.6 Å². The van der Waals surface area contributed by atoms with Crippen LogP contribution < -0.4 is 20.6 Å². The minimum Gasteiger partial charge on any atom is -0.474 e. The first-order valence-corrected chi connectivity index (χ1v) is 14.3. The van der Waals surface area contributed by atoms with Crippen LogP contribution in [0.1, 0.15) is 11.4 Å². The summed E-state index contributed by atoms with van der Waals surface area (Å²) in [4.78, 5) is 27.2. The van der Waals surface area contributed by atoms with Gasteiger partial charge in [0.15, 0.2) is 0 Å². The summed E-state index contributed by atoms with van der Waals surface area (Å²) in [5.41, 5.74) is 1.24. The van der Waals surface area contributed by atoms with Crippen LogP contribution in [0, 0.1) is 0 Å². The van der Waals surface area contributed by atoms with E-state index in [0.29, 0.717) is 104 Å². The van der Waals surface area contributed by atoms with Gasteiger partial charge in [0.1, 0.15) is 13.2 Å². The van der Waals surface area contributed by atoms with Gasteiger partial charge in [0.2, 0.25) is 11.8 Å². The number of ether oxygens (including phenoxy) is 8. The molecule has 0 saturated heterocycles. The van der Waals surface area contributed by atoms with Crippen molar-refractivity contribution < 1.29 is 37.9 Å². The maximum Gasteiger partial charge on any atom is 0.266 e. The molecule has 0 aromatic carbocycles. The van der Waals surface area contributed by atoms with Gasteiger partial charge in [0.25, 0.3) is 11.1 Å². The summed E-state index contributed by atoms with van der Waals surface area (Å²) in [6, 6.07) is 11.6. The molecule has 3 rings (SSSR count). The number of nitrogens with zero attached hydrogens (tertiary/aromatic N) is 5. The molecular formula is C29H41N5O10. The van der Waals surface area contributed by atoms with E-state index in [1.807, 2.05) is 18.2 Å². The molecule has 0 bridgehead atoms. The van der Waals surface area contributed by atoms with E-state index in [0.717, 1.165) is 11.4 Å². The first kappa shape index (κ1) is 34.8. The van der Waals surface area contributed by atoms with Crippen molar-refractivity contribution in [2.24, 2.45) is 14.1 Å². The fourth-order valence-electron chi connectivity index (χ4n) is 3.45. The van der Waals surface area contributed by atoms with Crippen LogP contribution in [0.3, 0.4) is 0 Å². The van der Waals surface area contributed by atoms with Gasteiger partial charge in [-0.2, -0.15) is 0 Å². The lowest BCUT2D eigenvalue weighted by Gasteiger charge is -2.09. The molecule has 0 aliphatic rings. The van der Waals surface area contributed by atoms with Crippen LogP contribution in [0.15, 0.2) is 52.1 Å². The number of hydrogen-bond donors (Lipinski definition) is 0. The average molecular weight is 620 g/mol. The lowest BCUT2D eigenvalue weighted by molar-refractivity contribution is 0.00388. The van der Waals surface area contributed by atoms with Gasteiger partial charge in [-0.25, -0.2) is 9.36 Å². The predicted octanol–water partition coefficient (Wildman–Crippen LogP) is 0.527. The minimum atomic E-state index is -0.193. The standard InChI is InChI=1S/C29H41N5O10/c1-33-28(35)8-6-26(31-33)43-20-18-39-12-10-37-14-16-41-22-24-4-3-5-25(30-24)23-42-17-15-38-11-13-40-19-21-44-27-7-9-29(36)34(2)32-27/h3-9H,10-23H2,1-2H3. The summed E-state index contributed by atoms with van der Waals surface area (Å²) in [5.74, 6) is 0.748. The third kappa shape index (κ3) is 14.6. The van der Waals surface area contributed by atoms with Crippen LogP contribution in [0.5, 0.6) is 11.8 Å². The van der Waals surface area contributed by atoms with Crippen molar-refractivity contribution in [1.82, 2.24) is 24.5 Å². The van der Waals surface area contributed by atoms with Crippen molar-refractivity contribution in [2.45, 2.75) is 13.2 Å². The van der Waals surface area contributed by atoms with Crippen molar-refractivity contribution >= 4 is 0 Å². The summed E-state index contributed by atoms with van der Waals surface area (Å²) >= 11 is 0. The summed E-state index contributed by atoms with van der Waals surface area (Å²) < 4.78 is 46.5. The number of pyridine rings is 1. The van der Waals surface area contributed by atoms with Gasteiger partial charge in [0, 0.05) is 38.4 Å². The molecule has 0 atom stereocenters. The zero-order valence-corrected chi connectivity index (χ0v) is 25.3. The number of aromatic nitrogens is 5. The van der Waals surface area contributed by atoms with Gasteiger partial charge in [-0.1, -0.05) is 6.07 Å². The first-order chi connectivity index (χ1) is 21.5. The van der Waals surface area contributed by atoms with E-state index >= 15 is 0 Å². The molecule has 0 aliphatic heterocycles. The average Bonchev–Trinajstić information content (AvgIpc) is 3.02. The summed E-state index contributed by atoms with van der Waals surface area (Å²) in [7, 11) is 3.13. The topological polar surface area (TPSA) is 157 Å². The minimum absolute atomic E-state index is 0.193. The Bertz CT molecular complexity index is 1240. The van der Waals surface area contributed by atoms with E-state index < -0.39 is 0 Å². The molecule has 0 amide bonds. The quantitative estimate of drug-likeness (QED) is 0.128. The molecule has 0 unspecified atom stereocenters. The van der Waals surface area contributed by atoms with Gasteiger partial charge in [-0.15, -0.1) is 10.2 Å². The van der Waals surface area contributed by atoms with Crippen LogP contribution in [0.25, 0.3) is 0 Å². The van der Waals surface area contributed by atoms with Gasteiger partial charge < -0.3 is 37.9 Å². The molecule has 0 aliphatic carbocycles. The Hall–Kier alpha value is -3.73. The second-order valence-electron chi connectivity index (χ2n) is 9.14. The van der Waals surface area contributed by atoms with E-state index in [-0.39, 0.29) is 11.1 Å². The molecule has 15 heteroatoms. The zero-order chi connectivity index (χ0) is 31.2. The van der Waals surface area contributed by atoms with Crippen LogP contribution in [0.2, 0.25) is 0 Å². The van der Waals surface area contributed by atoms with Crippen molar-refractivity contribution in [3.8, 4) is 11.8 Å². The second-order valence-corrected chi connectivity index (χ2v) is 9.14. The summed E-state index contributed by atoms with van der Waals surface area (Å²) in [6.45, 7) is 5.67. The monoisotopic (exact) mass is 619 g/mol. The Morgan fingerprint density at radius 1 is 0.500 bits per heavy atom. The van der Waals surface area contributed by atoms with Gasteiger partial charge in [-0.3, -0.25) is 14.6 Å². The van der Waals surface area contributed by atoms with Crippen LogP contribution >= 0.6 is 0 Å². The molecule has 15 nitrogen and oxygen atoms in total. The molecule has 3 aromatic rings. The van der Waals surface area contributed by atoms with E-state index in [1.54, 1.807) is 14.1 Å². The number of aryl methyl sites for hydroxylation is 2. The highest BCUT2D eigenvalue weighted by Gasteiger charge is 2.02. The smallest absolute Gasteiger partial charge is 0.266 e. The van der Waals surface area contributed by atoms with Gasteiger partial charge >= 0.3 is 0 Å². The SMILES string of the molecule is Cn1nc(OCCOCCOCCOCc2cccc(COCCOCCOCCOc3ccc(=O)n(C)n3)n2)ccc1=O. The van der Waals surface area contributed by atoms with E-state index in [2.05, 4.69) is 15.2 Å². The van der Waals surface area contributed by atoms with Crippen LogP contribution in [-0.4, -0.2) is 104 Å². The number of rotatable bonds is 24. The fourth-order valence-corrected chi connectivity index (χ4v) is 3.45. The Balaban J connectivity index is 1.09. The predicted molar refractivity (Wildman–Crippen MR) is 157 cm³/mol. The molecule has 0 N–H and O–H groups in total. The first-order valence-electron chi connectivity index (χ1n) is 14.3. The Morgan fingerprint density at radius 2 is 0.864 bits per heavy atom. The molecule has 242 valence electrons. The highest BCUT2D eigenvalue weighted by Crippen LogP contribution is 2.04. The largest absolute Gasteiger partial charge is 0.474 e. The highest BCUT2D eigenvalue weighted by atomic mass is 16.6.